The van der Waals surface area contributed by atoms with Crippen molar-refractivity contribution in [1.82, 2.24) is 9.97 Å². The number of aromatic nitrogens is 2. The zero-order chi connectivity index (χ0) is 20.1. The van der Waals surface area contributed by atoms with Crippen LogP contribution in [0.5, 0.6) is 0 Å². The van der Waals surface area contributed by atoms with Crippen molar-refractivity contribution in [2.75, 3.05) is 28.6 Å². The Morgan fingerprint density at radius 3 is 2.34 bits per heavy atom. The Morgan fingerprint density at radius 2 is 1.66 bits per heavy atom. The molecule has 0 spiro atoms. The molecule has 0 radical (unpaired) electrons. The van der Waals surface area contributed by atoms with Gasteiger partial charge < -0.3 is 15.5 Å². The molecule has 2 aromatic rings. The van der Waals surface area contributed by atoms with Gasteiger partial charge >= 0.3 is 0 Å². The summed E-state index contributed by atoms with van der Waals surface area (Å²) in [7, 11) is 0. The fraction of sp³-hybridized carbons (Fsp3) is 0.522. The monoisotopic (exact) mass is 393 g/mol. The molecule has 0 atom stereocenters. The third-order valence-electron chi connectivity index (χ3n) is 5.87. The molecule has 1 aliphatic carbocycles. The Labute approximate surface area is 173 Å². The summed E-state index contributed by atoms with van der Waals surface area (Å²) in [5.41, 5.74) is 3.20. The van der Waals surface area contributed by atoms with E-state index in [9.17, 15) is 4.79 Å². The van der Waals surface area contributed by atoms with E-state index in [2.05, 4.69) is 37.6 Å². The van der Waals surface area contributed by atoms with Crippen molar-refractivity contribution in [3.8, 4) is 0 Å². The minimum atomic E-state index is -0.201. The van der Waals surface area contributed by atoms with E-state index in [1.807, 2.05) is 19.1 Å². The predicted molar refractivity (Wildman–Crippen MR) is 118 cm³/mol. The molecule has 2 aliphatic rings. The molecule has 2 heterocycles. The van der Waals surface area contributed by atoms with Gasteiger partial charge in [-0.2, -0.15) is 0 Å². The van der Waals surface area contributed by atoms with E-state index in [0.29, 0.717) is 17.7 Å². The number of hydrogen-bond acceptors (Lipinski definition) is 5. The standard InChI is InChI=1S/C23H31N5O/c1-17-16-21(27-23(24-17)26-18-8-4-2-3-5-9-18)22(29)25-19-10-12-20(13-11-19)28-14-6-7-15-28/h10-13,16,18H,2-9,14-15H2,1H3,(H,25,29)(H,24,26,27). The summed E-state index contributed by atoms with van der Waals surface area (Å²) >= 11 is 0. The van der Waals surface area contributed by atoms with E-state index < -0.39 is 0 Å². The highest BCUT2D eigenvalue weighted by atomic mass is 16.1. The normalized spacial score (nSPS) is 17.8. The SMILES string of the molecule is Cc1cc(C(=O)Nc2ccc(N3CCCC3)cc2)nc(NC2CCCCCC2)n1. The molecule has 1 saturated heterocycles. The van der Waals surface area contributed by atoms with Gasteiger partial charge in [0.15, 0.2) is 0 Å². The number of amides is 1. The van der Waals surface area contributed by atoms with Gasteiger partial charge in [0.1, 0.15) is 5.69 Å². The maximum absolute atomic E-state index is 12.8. The van der Waals surface area contributed by atoms with Crippen LogP contribution < -0.4 is 15.5 Å². The Balaban J connectivity index is 1.41. The molecule has 0 unspecified atom stereocenters. The van der Waals surface area contributed by atoms with Gasteiger partial charge in [0.05, 0.1) is 0 Å². The van der Waals surface area contributed by atoms with Gasteiger partial charge in [-0.15, -0.1) is 0 Å². The van der Waals surface area contributed by atoms with Crippen molar-refractivity contribution >= 4 is 23.2 Å². The van der Waals surface area contributed by atoms with Crippen LogP contribution in [0.3, 0.4) is 0 Å². The first-order chi connectivity index (χ1) is 14.2. The summed E-state index contributed by atoms with van der Waals surface area (Å²) in [5, 5.41) is 6.42. The number of aryl methyl sites for hydroxylation is 1. The molecule has 1 saturated carbocycles. The Hall–Kier alpha value is -2.63. The van der Waals surface area contributed by atoms with Gasteiger partial charge in [0.25, 0.3) is 5.91 Å². The molecule has 6 nitrogen and oxygen atoms in total. The second-order valence-electron chi connectivity index (χ2n) is 8.25. The average molecular weight is 394 g/mol. The highest BCUT2D eigenvalue weighted by Gasteiger charge is 2.16. The van der Waals surface area contributed by atoms with Gasteiger partial charge in [0.2, 0.25) is 5.95 Å². The molecular weight excluding hydrogens is 362 g/mol. The summed E-state index contributed by atoms with van der Waals surface area (Å²) < 4.78 is 0. The maximum Gasteiger partial charge on any atom is 0.274 e. The molecule has 1 aromatic heterocycles. The van der Waals surface area contributed by atoms with Crippen LogP contribution >= 0.6 is 0 Å². The van der Waals surface area contributed by atoms with E-state index in [1.165, 1.54) is 44.2 Å². The maximum atomic E-state index is 12.8. The molecule has 29 heavy (non-hydrogen) atoms. The van der Waals surface area contributed by atoms with Crippen molar-refractivity contribution in [2.45, 2.75) is 64.3 Å². The first-order valence-electron chi connectivity index (χ1n) is 11.0. The van der Waals surface area contributed by atoms with Gasteiger partial charge in [-0.3, -0.25) is 4.79 Å². The highest BCUT2D eigenvalue weighted by Crippen LogP contribution is 2.23. The van der Waals surface area contributed by atoms with E-state index in [-0.39, 0.29) is 5.91 Å². The molecule has 4 rings (SSSR count). The van der Waals surface area contributed by atoms with Crippen molar-refractivity contribution in [3.63, 3.8) is 0 Å². The van der Waals surface area contributed by atoms with Gasteiger partial charge in [0, 0.05) is 36.2 Å². The first kappa shape index (κ1) is 19.7. The lowest BCUT2D eigenvalue weighted by atomic mass is 10.1. The number of anilines is 3. The number of carbonyl (C=O) groups excluding carboxylic acids is 1. The molecule has 2 N–H and O–H groups in total. The summed E-state index contributed by atoms with van der Waals surface area (Å²) in [5.74, 6) is 0.361. The number of nitrogens with one attached hydrogen (secondary N) is 2. The van der Waals surface area contributed by atoms with Crippen LogP contribution in [0, 0.1) is 6.92 Å². The topological polar surface area (TPSA) is 70.2 Å². The summed E-state index contributed by atoms with van der Waals surface area (Å²) in [4.78, 5) is 24.1. The Morgan fingerprint density at radius 1 is 0.966 bits per heavy atom. The minimum absolute atomic E-state index is 0.201. The number of rotatable bonds is 5. The van der Waals surface area contributed by atoms with Crippen LogP contribution in [0.25, 0.3) is 0 Å². The van der Waals surface area contributed by atoms with Crippen molar-refractivity contribution in [3.05, 3.63) is 41.7 Å². The number of carbonyl (C=O) groups is 1. The van der Waals surface area contributed by atoms with Crippen molar-refractivity contribution in [2.24, 2.45) is 0 Å². The first-order valence-corrected chi connectivity index (χ1v) is 11.0. The second-order valence-corrected chi connectivity index (χ2v) is 8.25. The second kappa shape index (κ2) is 9.25. The molecule has 1 aromatic carbocycles. The van der Waals surface area contributed by atoms with Crippen LogP contribution in [0.15, 0.2) is 30.3 Å². The molecule has 0 bridgehead atoms. The lowest BCUT2D eigenvalue weighted by molar-refractivity contribution is 0.102. The van der Waals surface area contributed by atoms with Gasteiger partial charge in [-0.1, -0.05) is 25.7 Å². The Kier molecular flexibility index (Phi) is 6.27. The molecule has 1 aliphatic heterocycles. The fourth-order valence-corrected chi connectivity index (χ4v) is 4.28. The van der Waals surface area contributed by atoms with E-state index in [4.69, 9.17) is 0 Å². The Bertz CT molecular complexity index is 822. The van der Waals surface area contributed by atoms with Crippen molar-refractivity contribution < 1.29 is 4.79 Å². The van der Waals surface area contributed by atoms with Crippen LogP contribution in [0.2, 0.25) is 0 Å². The zero-order valence-electron chi connectivity index (χ0n) is 17.3. The third-order valence-corrected chi connectivity index (χ3v) is 5.87. The van der Waals surface area contributed by atoms with Crippen molar-refractivity contribution in [1.29, 1.82) is 0 Å². The number of benzene rings is 1. The molecule has 1 amide bonds. The van der Waals surface area contributed by atoms with E-state index in [0.717, 1.165) is 37.3 Å². The lowest BCUT2D eigenvalue weighted by Crippen LogP contribution is -2.22. The van der Waals surface area contributed by atoms with Crippen LogP contribution in [-0.2, 0) is 0 Å². The minimum Gasteiger partial charge on any atom is -0.372 e. The van der Waals surface area contributed by atoms with Gasteiger partial charge in [-0.25, -0.2) is 9.97 Å². The third kappa shape index (κ3) is 5.25. The number of hydrogen-bond donors (Lipinski definition) is 2. The molecule has 2 fully saturated rings. The lowest BCUT2D eigenvalue weighted by Gasteiger charge is -2.18. The summed E-state index contributed by atoms with van der Waals surface area (Å²) in [6.07, 6.45) is 9.87. The average Bonchev–Trinajstić information content (AvgIpc) is 3.13. The quantitative estimate of drug-likeness (QED) is 0.716. The molecule has 6 heteroatoms. The van der Waals surface area contributed by atoms with Gasteiger partial charge in [-0.05, 0) is 62.9 Å². The molecular formula is C23H31N5O. The van der Waals surface area contributed by atoms with Crippen LogP contribution in [0.1, 0.15) is 67.5 Å². The molecule has 154 valence electrons. The zero-order valence-corrected chi connectivity index (χ0v) is 17.3. The summed E-state index contributed by atoms with van der Waals surface area (Å²) in [6.45, 7) is 4.13. The smallest absolute Gasteiger partial charge is 0.274 e. The largest absolute Gasteiger partial charge is 0.372 e. The number of nitrogens with zero attached hydrogens (tertiary/aromatic N) is 3. The predicted octanol–water partition coefficient (Wildman–Crippen LogP) is 4.77. The van der Waals surface area contributed by atoms with E-state index in [1.54, 1.807) is 6.07 Å². The van der Waals surface area contributed by atoms with E-state index >= 15 is 0 Å². The van der Waals surface area contributed by atoms with Crippen LogP contribution in [-0.4, -0.2) is 35.0 Å². The highest BCUT2D eigenvalue weighted by molar-refractivity contribution is 6.03. The summed E-state index contributed by atoms with van der Waals surface area (Å²) in [6, 6.07) is 10.2. The van der Waals surface area contributed by atoms with Crippen LogP contribution in [0.4, 0.5) is 17.3 Å². The fourth-order valence-electron chi connectivity index (χ4n) is 4.28.